The van der Waals surface area contributed by atoms with Gasteiger partial charge in [0.15, 0.2) is 28.3 Å². The fourth-order valence-corrected chi connectivity index (χ4v) is 16.5. The lowest BCUT2D eigenvalue weighted by Gasteiger charge is -2.68. The summed E-state index contributed by atoms with van der Waals surface area (Å²) in [5, 5.41) is 16.9. The zero-order valence-corrected chi connectivity index (χ0v) is 46.9. The first-order valence-electron chi connectivity index (χ1n) is 26.0. The predicted octanol–water partition coefficient (Wildman–Crippen LogP) is 9.37. The molecule has 3 saturated carbocycles. The number of aliphatic hydroxyl groups is 1. The fourth-order valence-electron chi connectivity index (χ4n) is 12.3. The van der Waals surface area contributed by atoms with Gasteiger partial charge < -0.3 is 38.2 Å². The molecule has 1 amide bonds. The van der Waals surface area contributed by atoms with Crippen LogP contribution in [0.4, 0.5) is 0 Å². The Morgan fingerprint density at radius 1 is 0.836 bits per heavy atom. The van der Waals surface area contributed by atoms with Gasteiger partial charge in [-0.1, -0.05) is 129 Å². The second kappa shape index (κ2) is 20.7. The Bertz CT molecular complexity index is 2520. The van der Waals surface area contributed by atoms with Crippen LogP contribution in [0, 0.1) is 28.6 Å². The van der Waals surface area contributed by atoms with Crippen LogP contribution < -0.4 is 5.32 Å². The molecule has 1 saturated heterocycles. The zero-order valence-electron chi connectivity index (χ0n) is 44.9. The number of Topliss-reactive ketones (excluding diaryl/α,β-unsaturated/α-hetero) is 2. The number of carbonyl (C=O) groups excluding carboxylic acids is 6. The molecule has 12 atom stereocenters. The van der Waals surface area contributed by atoms with Gasteiger partial charge in [0, 0.05) is 42.6 Å². The number of esters is 3. The van der Waals surface area contributed by atoms with Gasteiger partial charge >= 0.3 is 17.9 Å². The zero-order chi connectivity index (χ0) is 53.7. The minimum absolute atomic E-state index is 0.0920. The highest BCUT2D eigenvalue weighted by molar-refractivity contribution is 6.74. The van der Waals surface area contributed by atoms with Crippen LogP contribution in [-0.2, 0) is 47.0 Å². The van der Waals surface area contributed by atoms with E-state index in [1.165, 1.54) is 6.92 Å². The van der Waals surface area contributed by atoms with Crippen molar-refractivity contribution in [2.24, 2.45) is 28.6 Å². The highest BCUT2D eigenvalue weighted by Gasteiger charge is 2.79. The van der Waals surface area contributed by atoms with Crippen LogP contribution in [0.2, 0.25) is 36.3 Å². The third-order valence-corrected chi connectivity index (χ3v) is 27.1. The standard InChI is InChI=1S/C57H77NO13Si2/c1-14-73(15-2,16-3)70-41-32-42-56(34-66-42,69-36(5)59)47-49(68-51(63)39-30-24-19-25-31-39)57(65)33-40(35(4)43(54(57,9)10)45(60)48(61)55(41,47)11)67-52(64)46(71-72(12,13)53(6,7)8)44(37-26-20-17-21-27-37)58-50(62)38-28-22-18-23-29-38/h17-31,35,40-44,46-47,49,65H,14-16,32-34H2,1-13H3,(H,58,62)/t35?,40-,41-,42?,43?,44-,46+,47-,49-,55+,56-,57+/m0/s1. The number of nitrogens with one attached hydrogen (secondary N) is 1. The topological polar surface area (TPSA) is 190 Å². The van der Waals surface area contributed by atoms with Gasteiger partial charge in [-0.2, -0.15) is 0 Å². The van der Waals surface area contributed by atoms with E-state index >= 15 is 14.4 Å². The summed E-state index contributed by atoms with van der Waals surface area (Å²) >= 11 is 0. The molecule has 3 aromatic carbocycles. The lowest BCUT2D eigenvalue weighted by molar-refractivity contribution is -0.348. The average Bonchev–Trinajstić information content (AvgIpc) is 3.35. The molecule has 4 aliphatic rings. The SMILES string of the molecule is CC[Si](CC)(CC)O[C@H]1CC2OC[C@@]2(OC(C)=O)[C@H]2[C@H](OC(=O)c3ccccc3)[C@]3(O)C[C@H](OC(=O)[C@H](O[Si](C)(C)C(C)(C)C)[C@@H](NC(=O)c4ccccc4)c4ccccc4)C(C)C(C(=O)C(=O)[C@]12C)C3(C)C. The van der Waals surface area contributed by atoms with Crippen molar-refractivity contribution in [2.45, 2.75) is 173 Å². The van der Waals surface area contributed by atoms with E-state index in [-0.39, 0.29) is 18.6 Å². The van der Waals surface area contributed by atoms with Crippen LogP contribution in [0.15, 0.2) is 91.0 Å². The lowest BCUT2D eigenvalue weighted by atomic mass is 9.42. The molecule has 73 heavy (non-hydrogen) atoms. The first kappa shape index (κ1) is 55.9. The maximum atomic E-state index is 16.0. The lowest BCUT2D eigenvalue weighted by Crippen LogP contribution is -2.83. The second-order valence-corrected chi connectivity index (χ2v) is 32.7. The summed E-state index contributed by atoms with van der Waals surface area (Å²) in [6, 6.07) is 26.9. The normalized spacial score (nSPS) is 30.7. The molecule has 0 aromatic heterocycles. The van der Waals surface area contributed by atoms with Gasteiger partial charge in [0.1, 0.15) is 23.9 Å². The van der Waals surface area contributed by atoms with Crippen LogP contribution in [-0.4, -0.2) is 105 Å². The number of hydrogen-bond acceptors (Lipinski definition) is 13. The van der Waals surface area contributed by atoms with Crippen molar-refractivity contribution in [3.8, 4) is 0 Å². The van der Waals surface area contributed by atoms with Crippen molar-refractivity contribution in [3.63, 3.8) is 0 Å². The molecular formula is C57H77NO13Si2. The van der Waals surface area contributed by atoms with Crippen molar-refractivity contribution in [3.05, 3.63) is 108 Å². The van der Waals surface area contributed by atoms with E-state index < -0.39 is 140 Å². The van der Waals surface area contributed by atoms with Crippen molar-refractivity contribution < 1.29 is 61.7 Å². The van der Waals surface area contributed by atoms with Gasteiger partial charge in [-0.05, 0) is 73.0 Å². The molecule has 3 unspecified atom stereocenters. The number of benzene rings is 3. The third-order valence-electron chi connectivity index (χ3n) is 18.0. The Labute approximate surface area is 433 Å². The van der Waals surface area contributed by atoms with Crippen molar-refractivity contribution in [1.29, 1.82) is 0 Å². The maximum absolute atomic E-state index is 16.0. The highest BCUT2D eigenvalue weighted by Crippen LogP contribution is 2.65. The van der Waals surface area contributed by atoms with Crippen LogP contribution in [0.1, 0.15) is 121 Å². The summed E-state index contributed by atoms with van der Waals surface area (Å²) < 4.78 is 40.4. The predicted molar refractivity (Wildman–Crippen MR) is 279 cm³/mol. The molecule has 7 rings (SSSR count). The monoisotopic (exact) mass is 1040 g/mol. The summed E-state index contributed by atoms with van der Waals surface area (Å²) in [5.74, 6) is -8.15. The van der Waals surface area contributed by atoms with Crippen LogP contribution >= 0.6 is 0 Å². The second-order valence-electron chi connectivity index (χ2n) is 23.3. The molecule has 1 heterocycles. The molecule has 16 heteroatoms. The minimum Gasteiger partial charge on any atom is -0.460 e. The average molecular weight is 1040 g/mol. The van der Waals surface area contributed by atoms with E-state index in [4.69, 9.17) is 27.8 Å². The number of hydrogen-bond donors (Lipinski definition) is 2. The summed E-state index contributed by atoms with van der Waals surface area (Å²) in [6.45, 7) is 24.0. The number of amides is 1. The largest absolute Gasteiger partial charge is 0.460 e. The van der Waals surface area contributed by atoms with Gasteiger partial charge in [-0.3, -0.25) is 19.2 Å². The van der Waals surface area contributed by atoms with E-state index in [2.05, 4.69) is 26.1 Å². The fraction of sp³-hybridized carbons (Fsp3) is 0.579. The summed E-state index contributed by atoms with van der Waals surface area (Å²) in [5.41, 5.74) is -6.32. The summed E-state index contributed by atoms with van der Waals surface area (Å²) in [6.07, 6.45) is -6.62. The van der Waals surface area contributed by atoms with E-state index in [0.717, 1.165) is 0 Å². The van der Waals surface area contributed by atoms with Crippen molar-refractivity contribution in [2.75, 3.05) is 6.61 Å². The van der Waals surface area contributed by atoms with E-state index in [0.29, 0.717) is 29.3 Å². The number of carbonyl (C=O) groups is 6. The van der Waals surface area contributed by atoms with Gasteiger partial charge in [0.25, 0.3) is 5.91 Å². The van der Waals surface area contributed by atoms with Crippen LogP contribution in [0.3, 0.4) is 0 Å². The first-order chi connectivity index (χ1) is 34.2. The van der Waals surface area contributed by atoms with E-state index in [9.17, 15) is 19.5 Å². The van der Waals surface area contributed by atoms with E-state index in [1.54, 1.807) is 113 Å². The molecule has 0 radical (unpaired) electrons. The highest BCUT2D eigenvalue weighted by atomic mass is 28.4. The van der Waals surface area contributed by atoms with Gasteiger partial charge in [-0.15, -0.1) is 0 Å². The molecule has 0 spiro atoms. The Morgan fingerprint density at radius 3 is 1.89 bits per heavy atom. The minimum atomic E-state index is -2.91. The number of ketones is 2. The first-order valence-corrected chi connectivity index (χ1v) is 31.5. The van der Waals surface area contributed by atoms with Crippen molar-refractivity contribution >= 4 is 52.0 Å². The molecular weight excluding hydrogens is 963 g/mol. The number of ether oxygens (including phenoxy) is 4. The Hall–Kier alpha value is -4.85. The summed E-state index contributed by atoms with van der Waals surface area (Å²) in [4.78, 5) is 89.7. The molecule has 396 valence electrons. The number of fused-ring (bicyclic) bond motifs is 5. The Balaban J connectivity index is 1.42. The van der Waals surface area contributed by atoms with E-state index in [1.807, 2.05) is 39.9 Å². The van der Waals surface area contributed by atoms with Gasteiger partial charge in [0.2, 0.25) is 11.6 Å². The Kier molecular flexibility index (Phi) is 15.8. The van der Waals surface area contributed by atoms with Crippen LogP contribution in [0.5, 0.6) is 0 Å². The molecule has 2 bridgehead atoms. The van der Waals surface area contributed by atoms with Gasteiger partial charge in [0.05, 0.1) is 35.6 Å². The third kappa shape index (κ3) is 9.85. The number of rotatable bonds is 16. The molecule has 4 fully saturated rings. The van der Waals surface area contributed by atoms with Gasteiger partial charge in [-0.25, -0.2) is 9.59 Å². The molecule has 2 N–H and O–H groups in total. The van der Waals surface area contributed by atoms with Crippen molar-refractivity contribution in [1.82, 2.24) is 5.32 Å². The molecule has 1 aliphatic heterocycles. The summed E-state index contributed by atoms with van der Waals surface area (Å²) in [7, 11) is -5.52. The smallest absolute Gasteiger partial charge is 0.338 e. The van der Waals surface area contributed by atoms with Crippen LogP contribution in [0.25, 0.3) is 0 Å². The maximum Gasteiger partial charge on any atom is 0.338 e. The molecule has 3 aromatic rings. The molecule has 3 aliphatic carbocycles. The Morgan fingerprint density at radius 2 is 1.38 bits per heavy atom. The molecule has 14 nitrogen and oxygen atoms in total. The quantitative estimate of drug-likeness (QED) is 0.0598.